The molecule has 1 fully saturated rings. The quantitative estimate of drug-likeness (QED) is 0.502. The lowest BCUT2D eigenvalue weighted by Gasteiger charge is -2.36. The average Bonchev–Trinajstić information content (AvgIpc) is 3.23. The van der Waals surface area contributed by atoms with Gasteiger partial charge in [0.15, 0.2) is 6.61 Å². The maximum atomic E-state index is 13.2. The van der Waals surface area contributed by atoms with Crippen molar-refractivity contribution >= 4 is 49.9 Å². The maximum Gasteiger partial charge on any atom is 0.263 e. The van der Waals surface area contributed by atoms with Crippen molar-refractivity contribution in [1.29, 1.82) is 0 Å². The number of carbonyl (C=O) groups is 1. The number of piperazine rings is 1. The third-order valence-electron chi connectivity index (χ3n) is 5.15. The number of ether oxygens (including phenoxy) is 1. The Morgan fingerprint density at radius 1 is 1.21 bits per heavy atom. The highest BCUT2D eigenvalue weighted by Gasteiger charge is 2.23. The SMILES string of the molecule is Cc1nsc(NS(=O)(=O)c2ccc(N3CCN(C(=O)COc4ccc(F)c(Cl)c4)CC3)cc2)n1.[HH]. The minimum absolute atomic E-state index is 0. The lowest BCUT2D eigenvalue weighted by Crippen LogP contribution is -2.50. The summed E-state index contributed by atoms with van der Waals surface area (Å²) in [7, 11) is -3.76. The molecule has 3 aromatic rings. The van der Waals surface area contributed by atoms with E-state index < -0.39 is 15.8 Å². The highest BCUT2D eigenvalue weighted by Crippen LogP contribution is 2.23. The van der Waals surface area contributed by atoms with E-state index in [1.165, 1.54) is 30.3 Å². The topological polar surface area (TPSA) is 105 Å². The summed E-state index contributed by atoms with van der Waals surface area (Å²) in [6.07, 6.45) is 0. The summed E-state index contributed by atoms with van der Waals surface area (Å²) in [6.45, 7) is 3.67. The molecule has 9 nitrogen and oxygen atoms in total. The lowest BCUT2D eigenvalue weighted by atomic mass is 10.2. The fourth-order valence-corrected chi connectivity index (χ4v) is 5.33. The molecule has 1 amide bonds. The molecule has 1 aromatic heterocycles. The van der Waals surface area contributed by atoms with Crippen LogP contribution in [0.1, 0.15) is 7.25 Å². The second-order valence-electron chi connectivity index (χ2n) is 7.48. The maximum absolute atomic E-state index is 13.2. The molecular formula is C21H23ClFN5O4S2. The van der Waals surface area contributed by atoms with Crippen LogP contribution in [-0.2, 0) is 14.8 Å². The van der Waals surface area contributed by atoms with Crippen LogP contribution >= 0.6 is 23.1 Å². The van der Waals surface area contributed by atoms with E-state index in [1.54, 1.807) is 24.0 Å². The highest BCUT2D eigenvalue weighted by molar-refractivity contribution is 7.93. The van der Waals surface area contributed by atoms with E-state index in [0.717, 1.165) is 17.2 Å². The van der Waals surface area contributed by atoms with E-state index in [-0.39, 0.29) is 29.0 Å². The molecule has 34 heavy (non-hydrogen) atoms. The van der Waals surface area contributed by atoms with Crippen molar-refractivity contribution in [1.82, 2.24) is 14.3 Å². The first-order chi connectivity index (χ1) is 16.2. The first-order valence-electron chi connectivity index (χ1n) is 10.2. The minimum Gasteiger partial charge on any atom is -0.484 e. The molecule has 0 atom stereocenters. The Balaban J connectivity index is 0.00000342. The minimum atomic E-state index is -3.76. The summed E-state index contributed by atoms with van der Waals surface area (Å²) >= 11 is 6.71. The normalized spacial score (nSPS) is 14.2. The number of nitrogens with zero attached hydrogens (tertiary/aromatic N) is 4. The Bertz CT molecular complexity index is 1290. The molecule has 0 unspecified atom stereocenters. The van der Waals surface area contributed by atoms with E-state index in [1.807, 2.05) is 0 Å². The van der Waals surface area contributed by atoms with Gasteiger partial charge < -0.3 is 14.5 Å². The van der Waals surface area contributed by atoms with Crippen LogP contribution in [0, 0.1) is 12.7 Å². The van der Waals surface area contributed by atoms with Crippen LogP contribution in [0.15, 0.2) is 47.4 Å². The summed E-state index contributed by atoms with van der Waals surface area (Å²) in [6, 6.07) is 10.5. The predicted molar refractivity (Wildman–Crippen MR) is 130 cm³/mol. The number of carbonyl (C=O) groups excluding carboxylic acids is 1. The molecular weight excluding hydrogens is 505 g/mol. The number of aromatic nitrogens is 2. The van der Waals surface area contributed by atoms with Crippen molar-refractivity contribution in [2.45, 2.75) is 11.8 Å². The molecule has 4 rings (SSSR count). The van der Waals surface area contributed by atoms with Gasteiger partial charge in [0.25, 0.3) is 15.9 Å². The van der Waals surface area contributed by atoms with Crippen molar-refractivity contribution in [2.75, 3.05) is 42.4 Å². The molecule has 1 aliphatic rings. The average molecular weight is 528 g/mol. The van der Waals surface area contributed by atoms with Crippen molar-refractivity contribution in [3.05, 3.63) is 59.1 Å². The molecule has 1 aliphatic heterocycles. The zero-order valence-electron chi connectivity index (χ0n) is 18.1. The number of hydrogen-bond acceptors (Lipinski definition) is 8. The van der Waals surface area contributed by atoms with Gasteiger partial charge >= 0.3 is 0 Å². The molecule has 0 bridgehead atoms. The van der Waals surface area contributed by atoms with Crippen molar-refractivity contribution in [3.63, 3.8) is 0 Å². The van der Waals surface area contributed by atoms with E-state index in [4.69, 9.17) is 16.3 Å². The van der Waals surface area contributed by atoms with Gasteiger partial charge in [-0.3, -0.25) is 9.52 Å². The van der Waals surface area contributed by atoms with Gasteiger partial charge in [0.2, 0.25) is 5.13 Å². The largest absolute Gasteiger partial charge is 0.484 e. The number of nitrogens with one attached hydrogen (secondary N) is 1. The molecule has 2 aromatic carbocycles. The zero-order valence-corrected chi connectivity index (χ0v) is 20.5. The summed E-state index contributed by atoms with van der Waals surface area (Å²) in [5, 5.41) is 0.150. The van der Waals surface area contributed by atoms with E-state index in [2.05, 4.69) is 19.0 Å². The summed E-state index contributed by atoms with van der Waals surface area (Å²) in [5.41, 5.74) is 0.856. The summed E-state index contributed by atoms with van der Waals surface area (Å²) < 4.78 is 50.1. The van der Waals surface area contributed by atoms with Crippen LogP contribution in [0.25, 0.3) is 0 Å². The Hall–Kier alpha value is -2.96. The monoisotopic (exact) mass is 527 g/mol. The van der Waals surface area contributed by atoms with E-state index in [0.29, 0.717) is 37.8 Å². The van der Waals surface area contributed by atoms with Gasteiger partial charge in [0.1, 0.15) is 17.4 Å². The molecule has 13 heteroatoms. The predicted octanol–water partition coefficient (Wildman–Crippen LogP) is 3.41. The van der Waals surface area contributed by atoms with Crippen LogP contribution in [0.2, 0.25) is 5.02 Å². The molecule has 0 aliphatic carbocycles. The second kappa shape index (κ2) is 10.1. The van der Waals surface area contributed by atoms with Crippen molar-refractivity contribution in [3.8, 4) is 5.75 Å². The van der Waals surface area contributed by atoms with Gasteiger partial charge in [-0.25, -0.2) is 17.8 Å². The van der Waals surface area contributed by atoms with Crippen LogP contribution in [-0.4, -0.2) is 61.4 Å². The van der Waals surface area contributed by atoms with E-state index >= 15 is 0 Å². The van der Waals surface area contributed by atoms with Crippen LogP contribution < -0.4 is 14.4 Å². The molecule has 1 N–H and O–H groups in total. The highest BCUT2D eigenvalue weighted by atomic mass is 35.5. The van der Waals surface area contributed by atoms with Crippen molar-refractivity contribution in [2.24, 2.45) is 0 Å². The molecule has 2 heterocycles. The summed E-state index contributed by atoms with van der Waals surface area (Å²) in [4.78, 5) is 20.4. The number of rotatable bonds is 7. The third kappa shape index (κ3) is 5.75. The van der Waals surface area contributed by atoms with Gasteiger partial charge in [0, 0.05) is 50.9 Å². The molecule has 1 saturated heterocycles. The standard InChI is InChI=1S/C21H21ClFN5O4S2.H2/c1-14-24-21(33-25-14)26-34(30,31)17-5-2-15(3-6-17)27-8-10-28(11-9-27)20(29)13-32-16-4-7-19(23)18(22)12-16;/h2-7,12H,8-11,13H2,1H3,(H,24,25,26);1H. The van der Waals surface area contributed by atoms with Gasteiger partial charge in [-0.2, -0.15) is 4.37 Å². The molecule has 0 saturated carbocycles. The molecule has 182 valence electrons. The number of aryl methyl sites for hydroxylation is 1. The number of sulfonamides is 1. The van der Waals surface area contributed by atoms with Gasteiger partial charge in [-0.05, 0) is 43.3 Å². The Morgan fingerprint density at radius 2 is 1.91 bits per heavy atom. The fourth-order valence-electron chi connectivity index (χ4n) is 3.37. The van der Waals surface area contributed by atoms with Crippen LogP contribution in [0.4, 0.5) is 15.2 Å². The van der Waals surface area contributed by atoms with Crippen LogP contribution in [0.5, 0.6) is 5.75 Å². The number of benzene rings is 2. The first-order valence-corrected chi connectivity index (χ1v) is 12.9. The van der Waals surface area contributed by atoms with Crippen LogP contribution in [0.3, 0.4) is 0 Å². The Labute approximate surface area is 206 Å². The fraction of sp³-hybridized carbons (Fsp3) is 0.286. The zero-order chi connectivity index (χ0) is 24.3. The van der Waals surface area contributed by atoms with Gasteiger partial charge in [-0.15, -0.1) is 0 Å². The molecule has 0 radical (unpaired) electrons. The third-order valence-corrected chi connectivity index (χ3v) is 7.64. The van der Waals surface area contributed by atoms with E-state index in [9.17, 15) is 17.6 Å². The lowest BCUT2D eigenvalue weighted by molar-refractivity contribution is -0.133. The Kier molecular flexibility index (Phi) is 7.19. The number of halogens is 2. The number of amides is 1. The first kappa shape index (κ1) is 24.2. The number of hydrogen-bond donors (Lipinski definition) is 1. The van der Waals surface area contributed by atoms with Gasteiger partial charge in [-0.1, -0.05) is 11.6 Å². The molecule has 0 spiro atoms. The summed E-state index contributed by atoms with van der Waals surface area (Å²) in [5.74, 6) is 0.0936. The number of anilines is 2. The van der Waals surface area contributed by atoms with Gasteiger partial charge in [0.05, 0.1) is 9.92 Å². The van der Waals surface area contributed by atoms with Crippen molar-refractivity contribution < 1.29 is 23.8 Å². The second-order valence-corrected chi connectivity index (χ2v) is 10.3. The smallest absolute Gasteiger partial charge is 0.263 e. The Morgan fingerprint density at radius 3 is 2.53 bits per heavy atom.